The Bertz CT molecular complexity index is 164. The van der Waals surface area contributed by atoms with Crippen molar-refractivity contribution in [1.82, 2.24) is 4.90 Å². The van der Waals surface area contributed by atoms with E-state index in [0.29, 0.717) is 6.04 Å². The van der Waals surface area contributed by atoms with Crippen LogP contribution in [0.4, 0.5) is 0 Å². The molecule has 1 fully saturated rings. The fraction of sp³-hybridized carbons (Fsp3) is 0.556. The SMILES string of the molecule is C=C(N)[C@@H]1CCCN1C(=C)C. The Hall–Kier alpha value is -0.920. The molecular weight excluding hydrogens is 136 g/mol. The molecule has 0 amide bonds. The van der Waals surface area contributed by atoms with Crippen LogP contribution in [-0.4, -0.2) is 17.5 Å². The maximum absolute atomic E-state index is 5.65. The van der Waals surface area contributed by atoms with Crippen LogP contribution in [0.15, 0.2) is 24.6 Å². The minimum Gasteiger partial charge on any atom is -0.401 e. The van der Waals surface area contributed by atoms with Crippen LogP contribution in [0.5, 0.6) is 0 Å². The maximum Gasteiger partial charge on any atom is 0.0677 e. The van der Waals surface area contributed by atoms with Gasteiger partial charge in [-0.2, -0.15) is 0 Å². The van der Waals surface area contributed by atoms with Crippen molar-refractivity contribution in [2.75, 3.05) is 6.54 Å². The molecule has 0 radical (unpaired) electrons. The molecule has 1 saturated heterocycles. The third-order valence-corrected chi connectivity index (χ3v) is 2.17. The molecule has 0 spiro atoms. The highest BCUT2D eigenvalue weighted by Crippen LogP contribution is 2.23. The van der Waals surface area contributed by atoms with Gasteiger partial charge >= 0.3 is 0 Å². The molecule has 0 saturated carbocycles. The largest absolute Gasteiger partial charge is 0.401 e. The molecule has 1 aliphatic rings. The normalized spacial score (nSPS) is 23.7. The number of allylic oxidation sites excluding steroid dienone is 1. The minimum absolute atomic E-state index is 0.340. The molecule has 2 N–H and O–H groups in total. The van der Waals surface area contributed by atoms with Gasteiger partial charge in [0, 0.05) is 17.9 Å². The number of hydrogen-bond acceptors (Lipinski definition) is 2. The van der Waals surface area contributed by atoms with E-state index in [2.05, 4.69) is 18.1 Å². The molecule has 11 heavy (non-hydrogen) atoms. The van der Waals surface area contributed by atoms with Crippen molar-refractivity contribution in [3.05, 3.63) is 24.6 Å². The van der Waals surface area contributed by atoms with Gasteiger partial charge in [0.05, 0.1) is 6.04 Å². The highest BCUT2D eigenvalue weighted by Gasteiger charge is 2.24. The summed E-state index contributed by atoms with van der Waals surface area (Å²) in [5.41, 5.74) is 7.51. The second-order valence-corrected chi connectivity index (χ2v) is 3.16. The zero-order valence-corrected chi connectivity index (χ0v) is 7.14. The Morgan fingerprint density at radius 3 is 2.55 bits per heavy atom. The van der Waals surface area contributed by atoms with Crippen LogP contribution >= 0.6 is 0 Å². The lowest BCUT2D eigenvalue weighted by atomic mass is 10.2. The first-order chi connectivity index (χ1) is 5.13. The van der Waals surface area contributed by atoms with Gasteiger partial charge < -0.3 is 10.6 Å². The first-order valence-electron chi connectivity index (χ1n) is 3.99. The van der Waals surface area contributed by atoms with Crippen molar-refractivity contribution in [3.8, 4) is 0 Å². The second kappa shape index (κ2) is 2.99. The fourth-order valence-corrected chi connectivity index (χ4v) is 1.61. The number of nitrogens with zero attached hydrogens (tertiary/aromatic N) is 1. The molecule has 0 bridgehead atoms. The number of hydrogen-bond donors (Lipinski definition) is 1. The molecule has 2 nitrogen and oxygen atoms in total. The van der Waals surface area contributed by atoms with Crippen LogP contribution in [0.3, 0.4) is 0 Å². The Morgan fingerprint density at radius 2 is 2.18 bits per heavy atom. The first-order valence-corrected chi connectivity index (χ1v) is 3.99. The monoisotopic (exact) mass is 152 g/mol. The number of nitrogens with two attached hydrogens (primary N) is 1. The van der Waals surface area contributed by atoms with E-state index in [-0.39, 0.29) is 0 Å². The minimum atomic E-state index is 0.340. The molecule has 1 heterocycles. The summed E-state index contributed by atoms with van der Waals surface area (Å²) < 4.78 is 0. The van der Waals surface area contributed by atoms with E-state index in [1.165, 1.54) is 6.42 Å². The van der Waals surface area contributed by atoms with Crippen LogP contribution in [-0.2, 0) is 0 Å². The van der Waals surface area contributed by atoms with E-state index in [4.69, 9.17) is 5.73 Å². The molecule has 0 aromatic carbocycles. The molecule has 2 heteroatoms. The van der Waals surface area contributed by atoms with Crippen LogP contribution in [0.25, 0.3) is 0 Å². The second-order valence-electron chi connectivity index (χ2n) is 3.16. The van der Waals surface area contributed by atoms with E-state index >= 15 is 0 Å². The fourth-order valence-electron chi connectivity index (χ4n) is 1.61. The summed E-state index contributed by atoms with van der Waals surface area (Å²) in [6.45, 7) is 10.8. The maximum atomic E-state index is 5.65. The summed E-state index contributed by atoms with van der Waals surface area (Å²) in [6, 6.07) is 0.340. The van der Waals surface area contributed by atoms with E-state index in [1.807, 2.05) is 6.92 Å². The van der Waals surface area contributed by atoms with Gasteiger partial charge in [-0.1, -0.05) is 13.2 Å². The van der Waals surface area contributed by atoms with Crippen LogP contribution < -0.4 is 5.73 Å². The van der Waals surface area contributed by atoms with Gasteiger partial charge in [0.15, 0.2) is 0 Å². The smallest absolute Gasteiger partial charge is 0.0677 e. The lowest BCUT2D eigenvalue weighted by molar-refractivity contribution is 0.355. The van der Waals surface area contributed by atoms with Gasteiger partial charge in [-0.15, -0.1) is 0 Å². The zero-order chi connectivity index (χ0) is 8.43. The molecule has 1 atom stereocenters. The summed E-state index contributed by atoms with van der Waals surface area (Å²) in [5.74, 6) is 0. The zero-order valence-electron chi connectivity index (χ0n) is 7.14. The van der Waals surface area contributed by atoms with Gasteiger partial charge in [0.1, 0.15) is 0 Å². The highest BCUT2D eigenvalue weighted by atomic mass is 15.2. The summed E-state index contributed by atoms with van der Waals surface area (Å²) in [7, 11) is 0. The van der Waals surface area contributed by atoms with Crippen molar-refractivity contribution in [2.24, 2.45) is 5.73 Å². The van der Waals surface area contributed by atoms with Gasteiger partial charge in [0.25, 0.3) is 0 Å². The van der Waals surface area contributed by atoms with E-state index in [9.17, 15) is 0 Å². The predicted octanol–water partition coefficient (Wildman–Crippen LogP) is 1.46. The summed E-state index contributed by atoms with van der Waals surface area (Å²) in [6.07, 6.45) is 2.33. The standard InChI is InChI=1S/C9H16N2/c1-7(2)11-6-4-5-9(11)8(3)10/h9H,1,3-6,10H2,2H3/t9-/m0/s1. The quantitative estimate of drug-likeness (QED) is 0.649. The third-order valence-electron chi connectivity index (χ3n) is 2.17. The van der Waals surface area contributed by atoms with Crippen molar-refractivity contribution in [2.45, 2.75) is 25.8 Å². The molecule has 1 rings (SSSR count). The van der Waals surface area contributed by atoms with E-state index in [0.717, 1.165) is 24.4 Å². The topological polar surface area (TPSA) is 29.3 Å². The average molecular weight is 152 g/mol. The Morgan fingerprint density at radius 1 is 1.55 bits per heavy atom. The van der Waals surface area contributed by atoms with Crippen LogP contribution in [0, 0.1) is 0 Å². The Kier molecular flexibility index (Phi) is 2.22. The molecule has 0 aromatic rings. The van der Waals surface area contributed by atoms with Crippen molar-refractivity contribution >= 4 is 0 Å². The first kappa shape index (κ1) is 8.18. The van der Waals surface area contributed by atoms with Crippen molar-refractivity contribution in [3.63, 3.8) is 0 Å². The van der Waals surface area contributed by atoms with Gasteiger partial charge in [-0.05, 0) is 19.8 Å². The van der Waals surface area contributed by atoms with Gasteiger partial charge in [0.2, 0.25) is 0 Å². The van der Waals surface area contributed by atoms with Gasteiger partial charge in [-0.25, -0.2) is 0 Å². The van der Waals surface area contributed by atoms with Crippen molar-refractivity contribution < 1.29 is 0 Å². The molecule has 62 valence electrons. The van der Waals surface area contributed by atoms with Crippen molar-refractivity contribution in [1.29, 1.82) is 0 Å². The predicted molar refractivity (Wildman–Crippen MR) is 47.9 cm³/mol. The van der Waals surface area contributed by atoms with Crippen LogP contribution in [0.2, 0.25) is 0 Å². The highest BCUT2D eigenvalue weighted by molar-refractivity contribution is 5.09. The van der Waals surface area contributed by atoms with E-state index < -0.39 is 0 Å². The molecule has 0 aliphatic carbocycles. The number of rotatable bonds is 2. The van der Waals surface area contributed by atoms with E-state index in [1.54, 1.807) is 0 Å². The molecular formula is C9H16N2. The summed E-state index contributed by atoms with van der Waals surface area (Å²) in [4.78, 5) is 2.22. The Balaban J connectivity index is 2.65. The lowest BCUT2D eigenvalue weighted by Crippen LogP contribution is -2.31. The van der Waals surface area contributed by atoms with Gasteiger partial charge in [-0.3, -0.25) is 0 Å². The third kappa shape index (κ3) is 1.56. The average Bonchev–Trinajstić information content (AvgIpc) is 2.32. The van der Waals surface area contributed by atoms with Crippen LogP contribution in [0.1, 0.15) is 19.8 Å². The number of likely N-dealkylation sites (tertiary alicyclic amines) is 1. The Labute approximate surface area is 68.4 Å². The molecule has 1 aliphatic heterocycles. The lowest BCUT2D eigenvalue weighted by Gasteiger charge is -2.26. The molecule has 0 aromatic heterocycles. The summed E-state index contributed by atoms with van der Waals surface area (Å²) in [5, 5.41) is 0. The summed E-state index contributed by atoms with van der Waals surface area (Å²) >= 11 is 0. The molecule has 0 unspecified atom stereocenters.